The number of hydrogen-bond donors (Lipinski definition) is 1. The van der Waals surface area contributed by atoms with Crippen molar-refractivity contribution in [3.05, 3.63) is 52.0 Å². The van der Waals surface area contributed by atoms with Gasteiger partial charge in [-0.25, -0.2) is 0 Å². The summed E-state index contributed by atoms with van der Waals surface area (Å²) in [6, 6.07) is 11.2. The van der Waals surface area contributed by atoms with E-state index < -0.39 is 6.10 Å². The van der Waals surface area contributed by atoms with Crippen LogP contribution in [0, 0.1) is 0 Å². The molecular formula is C16H15BrO4. The molecule has 0 aromatic heterocycles. The van der Waals surface area contributed by atoms with E-state index in [0.29, 0.717) is 24.7 Å². The van der Waals surface area contributed by atoms with E-state index in [1.807, 2.05) is 30.3 Å². The van der Waals surface area contributed by atoms with Crippen molar-refractivity contribution in [2.24, 2.45) is 0 Å². The van der Waals surface area contributed by atoms with Gasteiger partial charge in [-0.15, -0.1) is 0 Å². The van der Waals surface area contributed by atoms with Gasteiger partial charge in [0.2, 0.25) is 0 Å². The molecule has 110 valence electrons. The maximum Gasteiger partial charge on any atom is 0.129 e. The highest BCUT2D eigenvalue weighted by Crippen LogP contribution is 2.35. The van der Waals surface area contributed by atoms with Gasteiger partial charge in [-0.1, -0.05) is 15.9 Å². The van der Waals surface area contributed by atoms with Crippen molar-refractivity contribution in [1.82, 2.24) is 0 Å². The number of halogens is 1. The Kier molecular flexibility index (Phi) is 4.03. The SMILES string of the molecule is COc1ccc(Br)c(COc2ccc3c(c2)OCC3O)c1. The fraction of sp³-hybridized carbons (Fsp3) is 0.250. The minimum atomic E-state index is -0.540. The maximum atomic E-state index is 9.69. The Labute approximate surface area is 131 Å². The Bertz CT molecular complexity index is 657. The molecule has 0 saturated carbocycles. The lowest BCUT2D eigenvalue weighted by molar-refractivity contribution is 0.140. The number of hydrogen-bond acceptors (Lipinski definition) is 4. The van der Waals surface area contributed by atoms with Crippen LogP contribution < -0.4 is 14.2 Å². The van der Waals surface area contributed by atoms with Crippen molar-refractivity contribution >= 4 is 15.9 Å². The highest BCUT2D eigenvalue weighted by molar-refractivity contribution is 9.10. The standard InChI is InChI=1S/C16H15BrO4/c1-19-11-3-5-14(17)10(6-11)8-20-12-2-4-13-15(18)9-21-16(13)7-12/h2-7,15,18H,8-9H2,1H3. The van der Waals surface area contributed by atoms with Gasteiger partial charge >= 0.3 is 0 Å². The van der Waals surface area contributed by atoms with Crippen LogP contribution in [0.25, 0.3) is 0 Å². The third-order valence-electron chi connectivity index (χ3n) is 3.39. The maximum absolute atomic E-state index is 9.69. The molecule has 4 nitrogen and oxygen atoms in total. The molecule has 0 spiro atoms. The van der Waals surface area contributed by atoms with Crippen molar-refractivity contribution in [3.8, 4) is 17.2 Å². The molecule has 2 aromatic rings. The second kappa shape index (κ2) is 5.95. The second-order valence-electron chi connectivity index (χ2n) is 4.77. The van der Waals surface area contributed by atoms with Crippen molar-refractivity contribution in [2.75, 3.05) is 13.7 Å². The second-order valence-corrected chi connectivity index (χ2v) is 5.63. The summed E-state index contributed by atoms with van der Waals surface area (Å²) in [7, 11) is 1.64. The van der Waals surface area contributed by atoms with Gasteiger partial charge in [0.1, 0.15) is 36.6 Å². The van der Waals surface area contributed by atoms with Crippen molar-refractivity contribution < 1.29 is 19.3 Å². The molecule has 0 bridgehead atoms. The summed E-state index contributed by atoms with van der Waals surface area (Å²) in [6.45, 7) is 0.722. The Hall–Kier alpha value is -1.72. The minimum absolute atomic E-state index is 0.306. The van der Waals surface area contributed by atoms with Gasteiger partial charge in [0.05, 0.1) is 7.11 Å². The number of ether oxygens (including phenoxy) is 3. The molecule has 0 radical (unpaired) electrons. The molecule has 0 saturated heterocycles. The summed E-state index contributed by atoms with van der Waals surface area (Å²) in [5, 5.41) is 9.69. The Morgan fingerprint density at radius 3 is 2.86 bits per heavy atom. The third-order valence-corrected chi connectivity index (χ3v) is 4.16. The zero-order valence-electron chi connectivity index (χ0n) is 11.5. The molecule has 2 aromatic carbocycles. The average Bonchev–Trinajstić information content (AvgIpc) is 2.87. The molecule has 1 N–H and O–H groups in total. The molecule has 0 aliphatic carbocycles. The molecule has 1 aliphatic rings. The molecule has 5 heteroatoms. The third kappa shape index (κ3) is 2.99. The van der Waals surface area contributed by atoms with Gasteiger partial charge in [0.25, 0.3) is 0 Å². The molecule has 21 heavy (non-hydrogen) atoms. The summed E-state index contributed by atoms with van der Waals surface area (Å²) in [4.78, 5) is 0. The van der Waals surface area contributed by atoms with Gasteiger partial charge in [-0.2, -0.15) is 0 Å². The van der Waals surface area contributed by atoms with Crippen LogP contribution in [-0.2, 0) is 6.61 Å². The molecule has 1 heterocycles. The summed E-state index contributed by atoms with van der Waals surface area (Å²) in [6.07, 6.45) is -0.540. The van der Waals surface area contributed by atoms with Crippen LogP contribution in [0.1, 0.15) is 17.2 Å². The van der Waals surface area contributed by atoms with Crippen LogP contribution in [0.15, 0.2) is 40.9 Å². The van der Waals surface area contributed by atoms with E-state index in [1.165, 1.54) is 0 Å². The van der Waals surface area contributed by atoms with E-state index in [9.17, 15) is 5.11 Å². The fourth-order valence-electron chi connectivity index (χ4n) is 2.21. The van der Waals surface area contributed by atoms with Crippen LogP contribution in [0.4, 0.5) is 0 Å². The van der Waals surface area contributed by atoms with Gasteiger partial charge in [0.15, 0.2) is 0 Å². The molecule has 3 rings (SSSR count). The van der Waals surface area contributed by atoms with Crippen LogP contribution >= 0.6 is 15.9 Å². The molecular weight excluding hydrogens is 336 g/mol. The van der Waals surface area contributed by atoms with E-state index in [4.69, 9.17) is 14.2 Å². The number of methoxy groups -OCH3 is 1. The monoisotopic (exact) mass is 350 g/mol. The van der Waals surface area contributed by atoms with Crippen LogP contribution in [0.5, 0.6) is 17.2 Å². The van der Waals surface area contributed by atoms with E-state index in [0.717, 1.165) is 21.3 Å². The van der Waals surface area contributed by atoms with Crippen molar-refractivity contribution in [3.63, 3.8) is 0 Å². The summed E-state index contributed by atoms with van der Waals surface area (Å²) in [5.41, 5.74) is 1.81. The zero-order chi connectivity index (χ0) is 14.8. The van der Waals surface area contributed by atoms with Gasteiger partial charge in [0, 0.05) is 21.7 Å². The predicted molar refractivity (Wildman–Crippen MR) is 81.9 cm³/mol. The molecule has 0 amide bonds. The zero-order valence-corrected chi connectivity index (χ0v) is 13.1. The first-order valence-electron chi connectivity index (χ1n) is 6.57. The number of rotatable bonds is 4. The number of aliphatic hydroxyl groups excluding tert-OH is 1. The molecule has 1 atom stereocenters. The Morgan fingerprint density at radius 2 is 2.05 bits per heavy atom. The first-order valence-corrected chi connectivity index (χ1v) is 7.36. The van der Waals surface area contributed by atoms with Gasteiger partial charge in [-0.3, -0.25) is 0 Å². The number of aliphatic hydroxyl groups is 1. The van der Waals surface area contributed by atoms with Crippen LogP contribution in [-0.4, -0.2) is 18.8 Å². The Balaban J connectivity index is 1.73. The van der Waals surface area contributed by atoms with E-state index in [2.05, 4.69) is 15.9 Å². The fourth-order valence-corrected chi connectivity index (χ4v) is 2.57. The first-order chi connectivity index (χ1) is 10.2. The van der Waals surface area contributed by atoms with Crippen molar-refractivity contribution in [1.29, 1.82) is 0 Å². The predicted octanol–water partition coefficient (Wildman–Crippen LogP) is 3.46. The lowest BCUT2D eigenvalue weighted by Gasteiger charge is -2.10. The largest absolute Gasteiger partial charge is 0.497 e. The molecule has 0 fully saturated rings. The van der Waals surface area contributed by atoms with Crippen LogP contribution in [0.3, 0.4) is 0 Å². The van der Waals surface area contributed by atoms with E-state index >= 15 is 0 Å². The highest BCUT2D eigenvalue weighted by Gasteiger charge is 2.22. The topological polar surface area (TPSA) is 47.9 Å². The summed E-state index contributed by atoms with van der Waals surface area (Å²) >= 11 is 3.50. The lowest BCUT2D eigenvalue weighted by atomic mass is 10.1. The molecule has 1 unspecified atom stereocenters. The summed E-state index contributed by atoms with van der Waals surface area (Å²) in [5.74, 6) is 2.18. The smallest absolute Gasteiger partial charge is 0.129 e. The minimum Gasteiger partial charge on any atom is -0.497 e. The first kappa shape index (κ1) is 14.2. The highest BCUT2D eigenvalue weighted by atomic mass is 79.9. The number of fused-ring (bicyclic) bond motifs is 1. The van der Waals surface area contributed by atoms with Crippen LogP contribution in [0.2, 0.25) is 0 Å². The summed E-state index contributed by atoms with van der Waals surface area (Å²) < 4.78 is 17.4. The van der Waals surface area contributed by atoms with Gasteiger partial charge < -0.3 is 19.3 Å². The average molecular weight is 351 g/mol. The molecule has 1 aliphatic heterocycles. The van der Waals surface area contributed by atoms with E-state index in [-0.39, 0.29) is 0 Å². The van der Waals surface area contributed by atoms with E-state index in [1.54, 1.807) is 13.2 Å². The quantitative estimate of drug-likeness (QED) is 0.917. The van der Waals surface area contributed by atoms with Gasteiger partial charge in [-0.05, 0) is 30.3 Å². The Morgan fingerprint density at radius 1 is 1.24 bits per heavy atom. The number of benzene rings is 2. The lowest BCUT2D eigenvalue weighted by Crippen LogP contribution is -1.98. The normalized spacial score (nSPS) is 16.2. The van der Waals surface area contributed by atoms with Crippen molar-refractivity contribution in [2.45, 2.75) is 12.7 Å².